The maximum Gasteiger partial charge on any atom is 0.191 e. The summed E-state index contributed by atoms with van der Waals surface area (Å²) in [5.41, 5.74) is 4.64. The second kappa shape index (κ2) is 9.41. The molecule has 3 N–H and O–H groups in total. The second-order valence-corrected chi connectivity index (χ2v) is 5.73. The quantitative estimate of drug-likeness (QED) is 0.318. The highest BCUT2D eigenvalue weighted by Gasteiger charge is 2.03. The molecule has 0 saturated carbocycles. The minimum atomic E-state index is 0. The first kappa shape index (κ1) is 19.2. The van der Waals surface area contributed by atoms with Crippen molar-refractivity contribution in [2.45, 2.75) is 19.9 Å². The third kappa shape index (κ3) is 5.19. The Kier molecular flexibility index (Phi) is 7.24. The minimum Gasteiger partial charge on any atom is -0.356 e. The van der Waals surface area contributed by atoms with Crippen LogP contribution in [0.5, 0.6) is 0 Å². The van der Waals surface area contributed by atoms with Gasteiger partial charge in [0.25, 0.3) is 0 Å². The highest BCUT2D eigenvalue weighted by atomic mass is 127. The van der Waals surface area contributed by atoms with Crippen molar-refractivity contribution in [3.8, 4) is 0 Å². The van der Waals surface area contributed by atoms with Crippen LogP contribution < -0.4 is 10.6 Å². The fraction of sp³-hybridized carbons (Fsp3) is 0.263. The highest BCUT2D eigenvalue weighted by Crippen LogP contribution is 2.10. The number of fused-ring (bicyclic) bond motifs is 1. The van der Waals surface area contributed by atoms with Gasteiger partial charge in [-0.15, -0.1) is 24.0 Å². The fourth-order valence-electron chi connectivity index (χ4n) is 2.63. The van der Waals surface area contributed by atoms with Crippen LogP contribution in [0.3, 0.4) is 0 Å². The van der Waals surface area contributed by atoms with Crippen molar-refractivity contribution in [3.63, 3.8) is 0 Å². The van der Waals surface area contributed by atoms with Gasteiger partial charge in [-0.1, -0.05) is 36.4 Å². The topological polar surface area (TPSA) is 65.1 Å². The zero-order valence-corrected chi connectivity index (χ0v) is 16.9. The Morgan fingerprint density at radius 2 is 1.84 bits per heavy atom. The molecule has 0 saturated heterocycles. The molecule has 0 fully saturated rings. The first-order valence-corrected chi connectivity index (χ1v) is 8.19. The third-order valence-electron chi connectivity index (χ3n) is 4.02. The van der Waals surface area contributed by atoms with Crippen molar-refractivity contribution in [2.24, 2.45) is 4.99 Å². The van der Waals surface area contributed by atoms with Crippen molar-refractivity contribution in [1.29, 1.82) is 0 Å². The van der Waals surface area contributed by atoms with Gasteiger partial charge in [0.05, 0.1) is 11.0 Å². The SMILES string of the molecule is CN=C(NCCc1nc2ccccc2[nH]1)NCc1ccccc1C.I. The number of aromatic amines is 1. The number of para-hydroxylation sites is 2. The van der Waals surface area contributed by atoms with Crippen LogP contribution in [0.4, 0.5) is 0 Å². The van der Waals surface area contributed by atoms with E-state index in [1.807, 2.05) is 24.3 Å². The number of aryl methyl sites for hydroxylation is 1. The van der Waals surface area contributed by atoms with Crippen LogP contribution in [0.25, 0.3) is 11.0 Å². The Morgan fingerprint density at radius 3 is 2.60 bits per heavy atom. The van der Waals surface area contributed by atoms with E-state index in [1.54, 1.807) is 7.05 Å². The number of rotatable bonds is 5. The summed E-state index contributed by atoms with van der Waals surface area (Å²) in [6.07, 6.45) is 0.819. The molecule has 0 unspecified atom stereocenters. The summed E-state index contributed by atoms with van der Waals surface area (Å²) < 4.78 is 0. The van der Waals surface area contributed by atoms with E-state index in [2.05, 4.69) is 56.8 Å². The van der Waals surface area contributed by atoms with Gasteiger partial charge >= 0.3 is 0 Å². The Morgan fingerprint density at radius 1 is 1.08 bits per heavy atom. The van der Waals surface area contributed by atoms with Gasteiger partial charge in [0, 0.05) is 26.6 Å². The lowest BCUT2D eigenvalue weighted by Gasteiger charge is -2.12. The van der Waals surface area contributed by atoms with Crippen LogP contribution in [-0.4, -0.2) is 29.5 Å². The lowest BCUT2D eigenvalue weighted by molar-refractivity contribution is 0.775. The number of nitrogens with one attached hydrogen (secondary N) is 3. The number of hydrogen-bond acceptors (Lipinski definition) is 2. The molecule has 3 rings (SSSR count). The predicted octanol–water partition coefficient (Wildman–Crippen LogP) is 3.40. The Labute approximate surface area is 165 Å². The number of guanidine groups is 1. The summed E-state index contributed by atoms with van der Waals surface area (Å²) >= 11 is 0. The van der Waals surface area contributed by atoms with Crippen molar-refractivity contribution in [2.75, 3.05) is 13.6 Å². The molecule has 2 aromatic carbocycles. The maximum absolute atomic E-state index is 4.58. The molecule has 0 aliphatic rings. The molecule has 1 aromatic heterocycles. The van der Waals surface area contributed by atoms with Crippen LogP contribution >= 0.6 is 24.0 Å². The Balaban J connectivity index is 0.00000225. The van der Waals surface area contributed by atoms with E-state index < -0.39 is 0 Å². The molecule has 0 amide bonds. The van der Waals surface area contributed by atoms with E-state index in [0.29, 0.717) is 0 Å². The molecular weight excluding hydrogens is 425 g/mol. The van der Waals surface area contributed by atoms with E-state index >= 15 is 0 Å². The average molecular weight is 449 g/mol. The number of aromatic nitrogens is 2. The average Bonchev–Trinajstić information content (AvgIpc) is 3.02. The Bertz CT molecular complexity index is 807. The van der Waals surface area contributed by atoms with Crippen LogP contribution in [0, 0.1) is 6.92 Å². The predicted molar refractivity (Wildman–Crippen MR) is 115 cm³/mol. The fourth-order valence-corrected chi connectivity index (χ4v) is 2.63. The summed E-state index contributed by atoms with van der Waals surface area (Å²) in [6.45, 7) is 3.65. The zero-order valence-electron chi connectivity index (χ0n) is 14.5. The summed E-state index contributed by atoms with van der Waals surface area (Å²) in [5.74, 6) is 1.78. The van der Waals surface area contributed by atoms with Crippen molar-refractivity contribution in [3.05, 3.63) is 65.5 Å². The molecule has 132 valence electrons. The molecule has 1 heterocycles. The molecule has 0 radical (unpaired) electrons. The largest absolute Gasteiger partial charge is 0.356 e. The second-order valence-electron chi connectivity index (χ2n) is 5.73. The summed E-state index contributed by atoms with van der Waals surface area (Å²) in [7, 11) is 1.79. The van der Waals surface area contributed by atoms with Gasteiger partial charge < -0.3 is 15.6 Å². The first-order chi connectivity index (χ1) is 11.8. The lowest BCUT2D eigenvalue weighted by atomic mass is 10.1. The molecule has 5 nitrogen and oxygen atoms in total. The lowest BCUT2D eigenvalue weighted by Crippen LogP contribution is -2.38. The van der Waals surface area contributed by atoms with Gasteiger partial charge in [0.2, 0.25) is 0 Å². The number of imidazole rings is 1. The van der Waals surface area contributed by atoms with Gasteiger partial charge in [0.1, 0.15) is 5.82 Å². The van der Waals surface area contributed by atoms with Crippen molar-refractivity contribution >= 4 is 41.0 Å². The van der Waals surface area contributed by atoms with Crippen LogP contribution in [0.15, 0.2) is 53.5 Å². The van der Waals surface area contributed by atoms with E-state index in [9.17, 15) is 0 Å². The number of nitrogens with zero attached hydrogens (tertiary/aromatic N) is 2. The summed E-state index contributed by atoms with van der Waals surface area (Å²) in [4.78, 5) is 12.2. The molecule has 0 aliphatic heterocycles. The number of aliphatic imine (C=N–C) groups is 1. The standard InChI is InChI=1S/C19H23N5.HI/c1-14-7-3-4-8-15(14)13-22-19(20-2)21-12-11-18-23-16-9-5-6-10-17(16)24-18;/h3-10H,11-13H2,1-2H3,(H,23,24)(H2,20,21,22);1H. The highest BCUT2D eigenvalue weighted by molar-refractivity contribution is 14.0. The minimum absolute atomic E-state index is 0. The maximum atomic E-state index is 4.58. The summed E-state index contributed by atoms with van der Waals surface area (Å²) in [5, 5.41) is 6.68. The van der Waals surface area contributed by atoms with E-state index in [-0.39, 0.29) is 24.0 Å². The van der Waals surface area contributed by atoms with Gasteiger partial charge in [-0.2, -0.15) is 0 Å². The van der Waals surface area contributed by atoms with Gasteiger partial charge in [-0.25, -0.2) is 4.98 Å². The molecular formula is C19H24IN5. The Hall–Kier alpha value is -2.09. The van der Waals surface area contributed by atoms with Gasteiger partial charge in [-0.05, 0) is 30.2 Å². The molecule has 0 aliphatic carbocycles. The van der Waals surface area contributed by atoms with Crippen molar-refractivity contribution < 1.29 is 0 Å². The van der Waals surface area contributed by atoms with Crippen LogP contribution in [-0.2, 0) is 13.0 Å². The van der Waals surface area contributed by atoms with E-state index in [1.165, 1.54) is 11.1 Å². The molecule has 0 spiro atoms. The molecule has 25 heavy (non-hydrogen) atoms. The number of H-pyrrole nitrogens is 1. The van der Waals surface area contributed by atoms with Crippen LogP contribution in [0.1, 0.15) is 17.0 Å². The molecule has 3 aromatic rings. The first-order valence-electron chi connectivity index (χ1n) is 8.19. The van der Waals surface area contributed by atoms with Crippen LogP contribution in [0.2, 0.25) is 0 Å². The van der Waals surface area contributed by atoms with E-state index in [4.69, 9.17) is 0 Å². The summed E-state index contributed by atoms with van der Waals surface area (Å²) in [6, 6.07) is 16.4. The van der Waals surface area contributed by atoms with E-state index in [0.717, 1.165) is 42.3 Å². The number of halogens is 1. The van der Waals surface area contributed by atoms with Crippen molar-refractivity contribution in [1.82, 2.24) is 20.6 Å². The monoisotopic (exact) mass is 449 g/mol. The van der Waals surface area contributed by atoms with Gasteiger partial charge in [0.15, 0.2) is 5.96 Å². The molecule has 0 atom stereocenters. The zero-order chi connectivity index (χ0) is 16.8. The number of benzene rings is 2. The normalized spacial score (nSPS) is 11.2. The molecule has 0 bridgehead atoms. The number of hydrogen-bond donors (Lipinski definition) is 3. The smallest absolute Gasteiger partial charge is 0.191 e. The third-order valence-corrected chi connectivity index (χ3v) is 4.02. The molecule has 6 heteroatoms. The van der Waals surface area contributed by atoms with Gasteiger partial charge in [-0.3, -0.25) is 4.99 Å².